The highest BCUT2D eigenvalue weighted by molar-refractivity contribution is 5.63. The van der Waals surface area contributed by atoms with Crippen LogP contribution >= 0.6 is 0 Å². The second-order valence-corrected chi connectivity index (χ2v) is 5.41. The van der Waals surface area contributed by atoms with Gasteiger partial charge in [-0.05, 0) is 30.9 Å². The molecule has 1 aromatic rings. The molecule has 0 radical (unpaired) electrons. The van der Waals surface area contributed by atoms with Gasteiger partial charge in [-0.15, -0.1) is 0 Å². The van der Waals surface area contributed by atoms with Gasteiger partial charge in [0.25, 0.3) is 0 Å². The van der Waals surface area contributed by atoms with Gasteiger partial charge in [-0.25, -0.2) is 4.98 Å². The Labute approximate surface area is 101 Å². The van der Waals surface area contributed by atoms with Crippen molar-refractivity contribution < 1.29 is 5.11 Å². The maximum Gasteiger partial charge on any atom is 0.151 e. The van der Waals surface area contributed by atoms with E-state index in [2.05, 4.69) is 9.88 Å². The lowest BCUT2D eigenvalue weighted by molar-refractivity contribution is 0.121. The van der Waals surface area contributed by atoms with E-state index >= 15 is 0 Å². The van der Waals surface area contributed by atoms with Crippen LogP contribution in [0.1, 0.15) is 19.3 Å². The predicted molar refractivity (Wildman–Crippen MR) is 67.7 cm³/mol. The second kappa shape index (κ2) is 3.88. The quantitative estimate of drug-likeness (QED) is 0.807. The van der Waals surface area contributed by atoms with E-state index in [9.17, 15) is 5.11 Å². The molecule has 3 rings (SSSR count). The normalized spacial score (nSPS) is 31.8. The van der Waals surface area contributed by atoms with E-state index in [-0.39, 0.29) is 5.41 Å². The Bertz CT molecular complexity index is 423. The minimum absolute atomic E-state index is 0.101. The summed E-state index contributed by atoms with van der Waals surface area (Å²) < 4.78 is 0. The van der Waals surface area contributed by atoms with Crippen molar-refractivity contribution in [1.82, 2.24) is 4.98 Å². The molecule has 17 heavy (non-hydrogen) atoms. The van der Waals surface area contributed by atoms with Crippen LogP contribution in [0.2, 0.25) is 0 Å². The highest BCUT2D eigenvalue weighted by Gasteiger charge is 2.49. The zero-order valence-corrected chi connectivity index (χ0v) is 9.97. The molecular formula is C13H19N3O. The van der Waals surface area contributed by atoms with Gasteiger partial charge in [0.05, 0.1) is 12.3 Å². The summed E-state index contributed by atoms with van der Waals surface area (Å²) in [4.78, 5) is 6.62. The number of aliphatic hydroxyl groups excluding tert-OH is 1. The number of anilines is 2. The third-order valence-corrected chi connectivity index (χ3v) is 4.47. The molecule has 2 fully saturated rings. The molecule has 4 nitrogen and oxygen atoms in total. The van der Waals surface area contributed by atoms with Crippen LogP contribution in [-0.2, 0) is 0 Å². The summed E-state index contributed by atoms with van der Waals surface area (Å²) >= 11 is 0. The Kier molecular flexibility index (Phi) is 2.47. The van der Waals surface area contributed by atoms with Gasteiger partial charge >= 0.3 is 0 Å². The topological polar surface area (TPSA) is 62.4 Å². The maximum atomic E-state index is 9.68. The summed E-state index contributed by atoms with van der Waals surface area (Å²) in [5.41, 5.74) is 6.81. The predicted octanol–water partition coefficient (Wildman–Crippen LogP) is 1.26. The van der Waals surface area contributed by atoms with E-state index in [1.54, 1.807) is 6.20 Å². The fourth-order valence-electron chi connectivity index (χ4n) is 3.51. The monoisotopic (exact) mass is 233 g/mol. The average molecular weight is 233 g/mol. The van der Waals surface area contributed by atoms with Gasteiger partial charge in [0.15, 0.2) is 5.82 Å². The number of hydrogen-bond acceptors (Lipinski definition) is 4. The van der Waals surface area contributed by atoms with Gasteiger partial charge in [0.2, 0.25) is 0 Å². The molecule has 0 bridgehead atoms. The molecule has 1 saturated carbocycles. The Morgan fingerprint density at radius 2 is 2.47 bits per heavy atom. The van der Waals surface area contributed by atoms with Crippen LogP contribution in [0.25, 0.3) is 0 Å². The molecule has 1 aliphatic heterocycles. The Hall–Kier alpha value is -1.29. The van der Waals surface area contributed by atoms with Gasteiger partial charge in [-0.3, -0.25) is 0 Å². The molecule has 0 spiro atoms. The van der Waals surface area contributed by atoms with Gasteiger partial charge in [-0.1, -0.05) is 6.42 Å². The maximum absolute atomic E-state index is 9.68. The lowest BCUT2D eigenvalue weighted by Gasteiger charge is -2.26. The molecule has 1 aliphatic carbocycles. The third kappa shape index (κ3) is 1.59. The summed E-state index contributed by atoms with van der Waals surface area (Å²) in [6.45, 7) is 2.18. The second-order valence-electron chi connectivity index (χ2n) is 5.41. The molecule has 1 saturated heterocycles. The van der Waals surface area contributed by atoms with Crippen molar-refractivity contribution in [3.05, 3.63) is 18.3 Å². The fraction of sp³-hybridized carbons (Fsp3) is 0.615. The van der Waals surface area contributed by atoms with Gasteiger partial charge < -0.3 is 15.7 Å². The standard InChI is InChI=1S/C13H19N3O/c14-11-4-2-6-15-12(11)16-7-10-3-1-5-13(10,8-16)9-17/h2,4,6,10,17H,1,3,5,7-9,14H2/t10-,13-/m0/s1. The molecule has 3 N–H and O–H groups in total. The van der Waals surface area contributed by atoms with Crippen LogP contribution in [0.3, 0.4) is 0 Å². The number of hydrogen-bond donors (Lipinski definition) is 2. The van der Waals surface area contributed by atoms with E-state index in [1.165, 1.54) is 12.8 Å². The number of aromatic nitrogens is 1. The van der Waals surface area contributed by atoms with Crippen LogP contribution in [0.4, 0.5) is 11.5 Å². The van der Waals surface area contributed by atoms with E-state index in [0.717, 1.165) is 31.0 Å². The SMILES string of the molecule is Nc1cccnc1N1C[C@@H]2CCC[C@@]2(CO)C1. The van der Waals surface area contributed by atoms with Crippen LogP contribution < -0.4 is 10.6 Å². The van der Waals surface area contributed by atoms with Gasteiger partial charge in [0.1, 0.15) is 0 Å². The average Bonchev–Trinajstić information content (AvgIpc) is 2.86. The summed E-state index contributed by atoms with van der Waals surface area (Å²) in [6.07, 6.45) is 5.39. The van der Waals surface area contributed by atoms with Gasteiger partial charge in [0, 0.05) is 24.7 Å². The van der Waals surface area contributed by atoms with Crippen LogP contribution in [0, 0.1) is 11.3 Å². The molecular weight excluding hydrogens is 214 g/mol. The Morgan fingerprint density at radius 1 is 1.59 bits per heavy atom. The minimum Gasteiger partial charge on any atom is -0.396 e. The number of nitrogens with zero attached hydrogens (tertiary/aromatic N) is 2. The molecule has 0 aromatic carbocycles. The first-order valence-corrected chi connectivity index (χ1v) is 6.31. The molecule has 2 aliphatic rings. The first-order chi connectivity index (χ1) is 8.25. The molecule has 0 amide bonds. The Balaban J connectivity index is 1.87. The minimum atomic E-state index is 0.101. The first kappa shape index (κ1) is 10.8. The van der Waals surface area contributed by atoms with Crippen molar-refractivity contribution in [1.29, 1.82) is 0 Å². The number of nitrogen functional groups attached to an aromatic ring is 1. The molecule has 2 atom stereocenters. The van der Waals surface area contributed by atoms with Crippen molar-refractivity contribution in [2.45, 2.75) is 19.3 Å². The highest BCUT2D eigenvalue weighted by Crippen LogP contribution is 2.49. The summed E-state index contributed by atoms with van der Waals surface area (Å²) in [7, 11) is 0. The molecule has 1 aromatic heterocycles. The molecule has 0 unspecified atom stereocenters. The summed E-state index contributed by atoms with van der Waals surface area (Å²) in [5.74, 6) is 1.49. The van der Waals surface area contributed by atoms with Crippen molar-refractivity contribution in [3.8, 4) is 0 Å². The van der Waals surface area contributed by atoms with Crippen molar-refractivity contribution >= 4 is 11.5 Å². The van der Waals surface area contributed by atoms with Crippen LogP contribution in [0.5, 0.6) is 0 Å². The van der Waals surface area contributed by atoms with E-state index in [4.69, 9.17) is 5.73 Å². The lowest BCUT2D eigenvalue weighted by Crippen LogP contribution is -2.31. The first-order valence-electron chi connectivity index (χ1n) is 6.31. The molecule has 2 heterocycles. The van der Waals surface area contributed by atoms with Crippen molar-refractivity contribution in [3.63, 3.8) is 0 Å². The highest BCUT2D eigenvalue weighted by atomic mass is 16.3. The van der Waals surface area contributed by atoms with E-state index in [0.29, 0.717) is 12.5 Å². The Morgan fingerprint density at radius 3 is 3.18 bits per heavy atom. The van der Waals surface area contributed by atoms with Gasteiger partial charge in [-0.2, -0.15) is 0 Å². The number of fused-ring (bicyclic) bond motifs is 1. The zero-order valence-electron chi connectivity index (χ0n) is 9.97. The van der Waals surface area contributed by atoms with Crippen molar-refractivity contribution in [2.75, 3.05) is 30.3 Å². The van der Waals surface area contributed by atoms with Crippen LogP contribution in [-0.4, -0.2) is 29.8 Å². The largest absolute Gasteiger partial charge is 0.396 e. The molecule has 92 valence electrons. The number of aliphatic hydroxyl groups is 1. The number of rotatable bonds is 2. The van der Waals surface area contributed by atoms with E-state index < -0.39 is 0 Å². The van der Waals surface area contributed by atoms with Crippen LogP contribution in [0.15, 0.2) is 18.3 Å². The lowest BCUT2D eigenvalue weighted by atomic mass is 9.82. The number of nitrogens with two attached hydrogens (primary N) is 1. The zero-order chi connectivity index (χ0) is 11.9. The van der Waals surface area contributed by atoms with Crippen molar-refractivity contribution in [2.24, 2.45) is 11.3 Å². The number of pyridine rings is 1. The van der Waals surface area contributed by atoms with E-state index in [1.807, 2.05) is 12.1 Å². The summed E-state index contributed by atoms with van der Waals surface area (Å²) in [6, 6.07) is 3.75. The smallest absolute Gasteiger partial charge is 0.151 e. The third-order valence-electron chi connectivity index (χ3n) is 4.47. The molecule has 4 heteroatoms. The fourth-order valence-corrected chi connectivity index (χ4v) is 3.51. The summed E-state index contributed by atoms with van der Waals surface area (Å²) in [5, 5.41) is 9.68.